The largest absolute Gasteiger partial charge is 0.497 e. The molecule has 9 nitrogen and oxygen atoms in total. The number of methoxy groups -OCH3 is 1. The fourth-order valence-corrected chi connectivity index (χ4v) is 2.97. The number of benzene rings is 1. The number of carbonyl (C=O) groups is 1. The molecule has 0 spiro atoms. The van der Waals surface area contributed by atoms with Gasteiger partial charge in [0, 0.05) is 45.7 Å². The van der Waals surface area contributed by atoms with Gasteiger partial charge >= 0.3 is 0 Å². The Kier molecular flexibility index (Phi) is 5.90. The minimum Gasteiger partial charge on any atom is -0.497 e. The highest BCUT2D eigenvalue weighted by molar-refractivity contribution is 5.80. The molecule has 1 aromatic heterocycles. The van der Waals surface area contributed by atoms with Crippen molar-refractivity contribution in [2.75, 3.05) is 40.3 Å². The minimum atomic E-state index is 0.116. The van der Waals surface area contributed by atoms with Crippen LogP contribution in [0.3, 0.4) is 0 Å². The van der Waals surface area contributed by atoms with Gasteiger partial charge in [0.25, 0.3) is 0 Å². The summed E-state index contributed by atoms with van der Waals surface area (Å²) < 4.78 is 5.17. The monoisotopic (exact) mass is 371 g/mol. The Labute approximate surface area is 158 Å². The Hall–Kier alpha value is -3.10. The van der Waals surface area contributed by atoms with E-state index in [4.69, 9.17) is 4.74 Å². The van der Waals surface area contributed by atoms with Crippen LogP contribution in [0, 0.1) is 0 Å². The molecule has 1 amide bonds. The van der Waals surface area contributed by atoms with Gasteiger partial charge in [0.2, 0.25) is 5.91 Å². The predicted molar refractivity (Wildman–Crippen MR) is 102 cm³/mol. The SMILES string of the molecule is CN=C(NCc1nc(-c2ccc(OC)cc2)n[nH]1)N1CCN(C(C)=O)CC1. The zero-order valence-electron chi connectivity index (χ0n) is 15.9. The summed E-state index contributed by atoms with van der Waals surface area (Å²) in [6, 6.07) is 7.61. The highest BCUT2D eigenvalue weighted by atomic mass is 16.5. The number of hydrogen-bond donors (Lipinski definition) is 2. The highest BCUT2D eigenvalue weighted by Gasteiger charge is 2.21. The fourth-order valence-electron chi connectivity index (χ4n) is 2.97. The van der Waals surface area contributed by atoms with Gasteiger partial charge in [-0.3, -0.25) is 14.9 Å². The zero-order valence-corrected chi connectivity index (χ0v) is 15.9. The third kappa shape index (κ3) is 4.55. The second-order valence-electron chi connectivity index (χ2n) is 6.23. The molecule has 0 unspecified atom stereocenters. The molecule has 0 atom stereocenters. The molecule has 1 saturated heterocycles. The number of aliphatic imine (C=N–C) groups is 1. The number of nitrogens with zero attached hydrogens (tertiary/aromatic N) is 5. The van der Waals surface area contributed by atoms with Crippen LogP contribution in [-0.2, 0) is 11.3 Å². The third-order valence-corrected chi connectivity index (χ3v) is 4.53. The Bertz CT molecular complexity index is 792. The Morgan fingerprint density at radius 1 is 1.22 bits per heavy atom. The quantitative estimate of drug-likeness (QED) is 0.607. The summed E-state index contributed by atoms with van der Waals surface area (Å²) in [5.74, 6) is 3.07. The van der Waals surface area contributed by atoms with Crippen molar-refractivity contribution in [2.24, 2.45) is 4.99 Å². The van der Waals surface area contributed by atoms with E-state index in [2.05, 4.69) is 30.4 Å². The highest BCUT2D eigenvalue weighted by Crippen LogP contribution is 2.18. The Morgan fingerprint density at radius 2 is 1.89 bits per heavy atom. The number of carbonyl (C=O) groups excluding carboxylic acids is 1. The van der Waals surface area contributed by atoms with Gasteiger partial charge in [-0.15, -0.1) is 0 Å². The van der Waals surface area contributed by atoms with Crippen molar-refractivity contribution in [3.63, 3.8) is 0 Å². The van der Waals surface area contributed by atoms with Crippen LogP contribution in [0.1, 0.15) is 12.7 Å². The van der Waals surface area contributed by atoms with Gasteiger partial charge in [0.1, 0.15) is 11.6 Å². The number of hydrogen-bond acceptors (Lipinski definition) is 5. The summed E-state index contributed by atoms with van der Waals surface area (Å²) in [6.07, 6.45) is 0. The van der Waals surface area contributed by atoms with E-state index >= 15 is 0 Å². The first kappa shape index (κ1) is 18.7. The summed E-state index contributed by atoms with van der Waals surface area (Å²) in [7, 11) is 3.39. The van der Waals surface area contributed by atoms with Crippen LogP contribution in [0.25, 0.3) is 11.4 Å². The van der Waals surface area contributed by atoms with Crippen LogP contribution in [0.2, 0.25) is 0 Å². The van der Waals surface area contributed by atoms with E-state index in [0.29, 0.717) is 25.5 Å². The third-order valence-electron chi connectivity index (χ3n) is 4.53. The summed E-state index contributed by atoms with van der Waals surface area (Å²) in [5.41, 5.74) is 0.919. The van der Waals surface area contributed by atoms with Gasteiger partial charge in [0.05, 0.1) is 13.7 Å². The number of aromatic amines is 1. The summed E-state index contributed by atoms with van der Waals surface area (Å²) in [6.45, 7) is 5.02. The first-order valence-corrected chi connectivity index (χ1v) is 8.87. The number of guanidine groups is 1. The average molecular weight is 371 g/mol. The molecule has 144 valence electrons. The molecular weight excluding hydrogens is 346 g/mol. The maximum absolute atomic E-state index is 11.4. The first-order valence-electron chi connectivity index (χ1n) is 8.87. The smallest absolute Gasteiger partial charge is 0.219 e. The molecule has 0 saturated carbocycles. The lowest BCUT2D eigenvalue weighted by Crippen LogP contribution is -2.53. The van der Waals surface area contributed by atoms with Gasteiger partial charge in [-0.25, -0.2) is 4.98 Å². The second kappa shape index (κ2) is 8.52. The van der Waals surface area contributed by atoms with E-state index in [1.165, 1.54) is 0 Å². The number of ether oxygens (including phenoxy) is 1. The molecule has 0 radical (unpaired) electrons. The van der Waals surface area contributed by atoms with Crippen molar-refractivity contribution in [3.8, 4) is 17.1 Å². The number of rotatable bonds is 4. The predicted octanol–water partition coefficient (Wildman–Crippen LogP) is 0.720. The van der Waals surface area contributed by atoms with Gasteiger partial charge in [0.15, 0.2) is 11.8 Å². The van der Waals surface area contributed by atoms with Gasteiger partial charge in [-0.05, 0) is 24.3 Å². The average Bonchev–Trinajstić information content (AvgIpc) is 3.18. The van der Waals surface area contributed by atoms with Crippen LogP contribution in [-0.4, -0.2) is 77.2 Å². The maximum Gasteiger partial charge on any atom is 0.219 e. The molecule has 9 heteroatoms. The number of aromatic nitrogens is 3. The molecule has 1 fully saturated rings. The van der Waals surface area contributed by atoms with Crippen molar-refractivity contribution in [1.82, 2.24) is 30.3 Å². The van der Waals surface area contributed by atoms with Crippen LogP contribution in [0.5, 0.6) is 5.75 Å². The molecule has 1 aromatic carbocycles. The zero-order chi connectivity index (χ0) is 19.2. The molecule has 27 heavy (non-hydrogen) atoms. The van der Waals surface area contributed by atoms with Crippen molar-refractivity contribution in [2.45, 2.75) is 13.5 Å². The van der Waals surface area contributed by atoms with Gasteiger partial charge in [-0.2, -0.15) is 5.10 Å². The van der Waals surface area contributed by atoms with Crippen LogP contribution in [0.15, 0.2) is 29.3 Å². The lowest BCUT2D eigenvalue weighted by Gasteiger charge is -2.35. The van der Waals surface area contributed by atoms with E-state index in [0.717, 1.165) is 36.2 Å². The minimum absolute atomic E-state index is 0.116. The summed E-state index contributed by atoms with van der Waals surface area (Å²) >= 11 is 0. The number of amides is 1. The molecule has 0 aliphatic carbocycles. The molecule has 3 rings (SSSR count). The lowest BCUT2D eigenvalue weighted by atomic mass is 10.2. The second-order valence-corrected chi connectivity index (χ2v) is 6.23. The molecule has 2 heterocycles. The molecule has 1 aliphatic heterocycles. The van der Waals surface area contributed by atoms with E-state index in [9.17, 15) is 4.79 Å². The van der Waals surface area contributed by atoms with E-state index < -0.39 is 0 Å². The van der Waals surface area contributed by atoms with Gasteiger partial charge < -0.3 is 19.9 Å². The molecule has 1 aliphatic rings. The number of piperazine rings is 1. The van der Waals surface area contributed by atoms with Gasteiger partial charge in [-0.1, -0.05) is 0 Å². The van der Waals surface area contributed by atoms with Crippen molar-refractivity contribution >= 4 is 11.9 Å². The van der Waals surface area contributed by atoms with Crippen molar-refractivity contribution in [1.29, 1.82) is 0 Å². The van der Waals surface area contributed by atoms with Crippen LogP contribution >= 0.6 is 0 Å². The Morgan fingerprint density at radius 3 is 2.48 bits per heavy atom. The van der Waals surface area contributed by atoms with E-state index in [1.807, 2.05) is 29.2 Å². The summed E-state index contributed by atoms with van der Waals surface area (Å²) in [4.78, 5) is 24.3. The van der Waals surface area contributed by atoms with Crippen molar-refractivity contribution < 1.29 is 9.53 Å². The number of nitrogens with one attached hydrogen (secondary N) is 2. The summed E-state index contributed by atoms with van der Waals surface area (Å²) in [5, 5.41) is 10.5. The number of H-pyrrole nitrogens is 1. The normalized spacial score (nSPS) is 15.0. The molecular formula is C18H25N7O2. The molecule has 0 bridgehead atoms. The van der Waals surface area contributed by atoms with Crippen molar-refractivity contribution in [3.05, 3.63) is 30.1 Å². The standard InChI is InChI=1S/C18H25N7O2/c1-13(26)24-8-10-25(11-9-24)18(19-2)20-12-16-21-17(23-22-16)14-4-6-15(27-3)7-5-14/h4-7H,8-12H2,1-3H3,(H,19,20)(H,21,22,23). The molecule has 2 N–H and O–H groups in total. The Balaban J connectivity index is 1.56. The first-order chi connectivity index (χ1) is 13.1. The topological polar surface area (TPSA) is 98.7 Å². The maximum atomic E-state index is 11.4. The van der Waals surface area contributed by atoms with Crippen LogP contribution < -0.4 is 10.1 Å². The lowest BCUT2D eigenvalue weighted by molar-refractivity contribution is -0.130. The molecule has 2 aromatic rings. The fraction of sp³-hybridized carbons (Fsp3) is 0.444. The van der Waals surface area contributed by atoms with E-state index in [1.54, 1.807) is 21.1 Å². The van der Waals surface area contributed by atoms with E-state index in [-0.39, 0.29) is 5.91 Å². The van der Waals surface area contributed by atoms with Crippen LogP contribution in [0.4, 0.5) is 0 Å².